The zero-order chi connectivity index (χ0) is 8.10. The first-order valence-electron chi connectivity index (χ1n) is 4.90. The lowest BCUT2D eigenvalue weighted by atomic mass is 10.00. The van der Waals surface area contributed by atoms with Gasteiger partial charge < -0.3 is 4.74 Å². The Morgan fingerprint density at radius 2 is 2.18 bits per heavy atom. The maximum Gasteiger partial charge on any atom is 0.0575 e. The Balaban J connectivity index is 2.05. The molecule has 0 radical (unpaired) electrons. The van der Waals surface area contributed by atoms with E-state index in [1.54, 1.807) is 0 Å². The van der Waals surface area contributed by atoms with Crippen molar-refractivity contribution < 1.29 is 4.74 Å². The van der Waals surface area contributed by atoms with Crippen molar-refractivity contribution in [2.45, 2.75) is 52.1 Å². The Hall–Kier alpha value is -0.0400. The van der Waals surface area contributed by atoms with E-state index in [0.717, 1.165) is 12.5 Å². The van der Waals surface area contributed by atoms with Crippen LogP contribution < -0.4 is 0 Å². The van der Waals surface area contributed by atoms with Gasteiger partial charge in [-0.2, -0.15) is 0 Å². The van der Waals surface area contributed by atoms with Crippen molar-refractivity contribution in [3.63, 3.8) is 0 Å². The van der Waals surface area contributed by atoms with Crippen LogP contribution in [0.25, 0.3) is 0 Å². The standard InChI is InChI=1S/C10H20O/c1-9(2)6-7-10-5-3-4-8-11-10/h9-10H,3-8H2,1-2H3/t10-/m0/s1. The van der Waals surface area contributed by atoms with Gasteiger partial charge in [0.1, 0.15) is 0 Å². The van der Waals surface area contributed by atoms with Crippen LogP contribution in [-0.2, 0) is 4.74 Å². The lowest BCUT2D eigenvalue weighted by Crippen LogP contribution is -2.19. The number of rotatable bonds is 3. The fourth-order valence-corrected chi connectivity index (χ4v) is 1.55. The van der Waals surface area contributed by atoms with Crippen LogP contribution in [0.2, 0.25) is 0 Å². The van der Waals surface area contributed by atoms with E-state index in [1.807, 2.05) is 0 Å². The van der Waals surface area contributed by atoms with Gasteiger partial charge in [0.25, 0.3) is 0 Å². The molecule has 0 aromatic carbocycles. The molecular formula is C10H20O. The van der Waals surface area contributed by atoms with Gasteiger partial charge in [0.2, 0.25) is 0 Å². The molecule has 0 N–H and O–H groups in total. The summed E-state index contributed by atoms with van der Waals surface area (Å²) < 4.78 is 5.63. The van der Waals surface area contributed by atoms with E-state index in [2.05, 4.69) is 13.8 Å². The van der Waals surface area contributed by atoms with Crippen LogP contribution in [0.1, 0.15) is 46.0 Å². The van der Waals surface area contributed by atoms with Crippen LogP contribution in [-0.4, -0.2) is 12.7 Å². The second-order valence-corrected chi connectivity index (χ2v) is 3.96. The molecule has 0 bridgehead atoms. The minimum Gasteiger partial charge on any atom is -0.378 e. The van der Waals surface area contributed by atoms with Crippen molar-refractivity contribution in [1.82, 2.24) is 0 Å². The smallest absolute Gasteiger partial charge is 0.0575 e. The topological polar surface area (TPSA) is 9.23 Å². The van der Waals surface area contributed by atoms with Crippen LogP contribution in [0.15, 0.2) is 0 Å². The molecule has 1 heteroatoms. The van der Waals surface area contributed by atoms with E-state index in [1.165, 1.54) is 32.1 Å². The van der Waals surface area contributed by atoms with Gasteiger partial charge in [-0.05, 0) is 38.0 Å². The SMILES string of the molecule is CC(C)CC[C@@H]1CCCCO1. The Bertz CT molecular complexity index is 93.0. The summed E-state index contributed by atoms with van der Waals surface area (Å²) in [5.41, 5.74) is 0. The maximum absolute atomic E-state index is 5.63. The van der Waals surface area contributed by atoms with Crippen molar-refractivity contribution in [2.75, 3.05) is 6.61 Å². The molecule has 0 aromatic heterocycles. The molecule has 0 aromatic rings. The summed E-state index contributed by atoms with van der Waals surface area (Å²) in [5, 5.41) is 0. The molecule has 1 nitrogen and oxygen atoms in total. The highest BCUT2D eigenvalue weighted by Crippen LogP contribution is 2.18. The highest BCUT2D eigenvalue weighted by Gasteiger charge is 2.13. The molecule has 0 saturated carbocycles. The van der Waals surface area contributed by atoms with E-state index >= 15 is 0 Å². The van der Waals surface area contributed by atoms with E-state index in [-0.39, 0.29) is 0 Å². The van der Waals surface area contributed by atoms with Crippen molar-refractivity contribution in [3.05, 3.63) is 0 Å². The van der Waals surface area contributed by atoms with Crippen molar-refractivity contribution in [2.24, 2.45) is 5.92 Å². The fraction of sp³-hybridized carbons (Fsp3) is 1.00. The Kier molecular flexibility index (Phi) is 3.92. The second-order valence-electron chi connectivity index (χ2n) is 3.96. The monoisotopic (exact) mass is 156 g/mol. The number of hydrogen-bond acceptors (Lipinski definition) is 1. The van der Waals surface area contributed by atoms with E-state index in [0.29, 0.717) is 6.10 Å². The molecule has 0 aliphatic carbocycles. The van der Waals surface area contributed by atoms with Crippen LogP contribution in [0.3, 0.4) is 0 Å². The summed E-state index contributed by atoms with van der Waals surface area (Å²) in [5.74, 6) is 0.834. The summed E-state index contributed by atoms with van der Waals surface area (Å²) in [6.07, 6.45) is 7.14. The highest BCUT2D eigenvalue weighted by molar-refractivity contribution is 4.64. The van der Waals surface area contributed by atoms with Gasteiger partial charge in [-0.15, -0.1) is 0 Å². The van der Waals surface area contributed by atoms with Crippen molar-refractivity contribution >= 4 is 0 Å². The van der Waals surface area contributed by atoms with Gasteiger partial charge in [-0.25, -0.2) is 0 Å². The zero-order valence-electron chi connectivity index (χ0n) is 7.81. The third-order valence-electron chi connectivity index (χ3n) is 2.34. The Morgan fingerprint density at radius 1 is 1.36 bits per heavy atom. The quantitative estimate of drug-likeness (QED) is 0.610. The van der Waals surface area contributed by atoms with Gasteiger partial charge in [0.05, 0.1) is 6.10 Å². The van der Waals surface area contributed by atoms with Gasteiger partial charge in [-0.1, -0.05) is 13.8 Å². The average Bonchev–Trinajstić information content (AvgIpc) is 2.03. The first-order valence-corrected chi connectivity index (χ1v) is 4.90. The summed E-state index contributed by atoms with van der Waals surface area (Å²) in [6, 6.07) is 0. The summed E-state index contributed by atoms with van der Waals surface area (Å²) in [6.45, 7) is 5.56. The van der Waals surface area contributed by atoms with Crippen molar-refractivity contribution in [3.8, 4) is 0 Å². The zero-order valence-corrected chi connectivity index (χ0v) is 7.81. The van der Waals surface area contributed by atoms with Crippen LogP contribution in [0.5, 0.6) is 0 Å². The largest absolute Gasteiger partial charge is 0.378 e. The molecule has 1 aliphatic rings. The normalized spacial score (nSPS) is 25.9. The van der Waals surface area contributed by atoms with Crippen molar-refractivity contribution in [1.29, 1.82) is 0 Å². The van der Waals surface area contributed by atoms with Crippen LogP contribution in [0.4, 0.5) is 0 Å². The highest BCUT2D eigenvalue weighted by atomic mass is 16.5. The fourth-order valence-electron chi connectivity index (χ4n) is 1.55. The van der Waals surface area contributed by atoms with E-state index < -0.39 is 0 Å². The third kappa shape index (κ3) is 3.76. The van der Waals surface area contributed by atoms with E-state index in [4.69, 9.17) is 4.74 Å². The number of ether oxygens (including phenoxy) is 1. The van der Waals surface area contributed by atoms with Crippen LogP contribution in [0, 0.1) is 5.92 Å². The summed E-state index contributed by atoms with van der Waals surface area (Å²) in [7, 11) is 0. The molecule has 0 unspecified atom stereocenters. The molecule has 11 heavy (non-hydrogen) atoms. The molecule has 1 rings (SSSR count). The van der Waals surface area contributed by atoms with Gasteiger partial charge >= 0.3 is 0 Å². The van der Waals surface area contributed by atoms with Crippen LogP contribution >= 0.6 is 0 Å². The van der Waals surface area contributed by atoms with Gasteiger partial charge in [-0.3, -0.25) is 0 Å². The molecular weight excluding hydrogens is 136 g/mol. The van der Waals surface area contributed by atoms with E-state index in [9.17, 15) is 0 Å². The molecule has 1 aliphatic heterocycles. The van der Waals surface area contributed by atoms with Gasteiger partial charge in [0.15, 0.2) is 0 Å². The summed E-state index contributed by atoms with van der Waals surface area (Å²) in [4.78, 5) is 0. The second kappa shape index (κ2) is 4.76. The third-order valence-corrected chi connectivity index (χ3v) is 2.34. The molecule has 1 heterocycles. The predicted molar refractivity (Wildman–Crippen MR) is 47.7 cm³/mol. The number of hydrogen-bond donors (Lipinski definition) is 0. The summed E-state index contributed by atoms with van der Waals surface area (Å²) >= 11 is 0. The molecule has 66 valence electrons. The average molecular weight is 156 g/mol. The molecule has 1 fully saturated rings. The Labute approximate surface area is 70.1 Å². The Morgan fingerprint density at radius 3 is 2.73 bits per heavy atom. The molecule has 0 spiro atoms. The van der Waals surface area contributed by atoms with Gasteiger partial charge in [0, 0.05) is 6.61 Å². The lowest BCUT2D eigenvalue weighted by Gasteiger charge is -2.22. The lowest BCUT2D eigenvalue weighted by molar-refractivity contribution is 0.00831. The molecule has 1 saturated heterocycles. The minimum atomic E-state index is 0.589. The first kappa shape index (κ1) is 9.05. The first-order chi connectivity index (χ1) is 5.29. The molecule has 0 amide bonds. The molecule has 1 atom stereocenters. The minimum absolute atomic E-state index is 0.589. The maximum atomic E-state index is 5.63. The predicted octanol–water partition coefficient (Wildman–Crippen LogP) is 2.99.